The fourth-order valence-corrected chi connectivity index (χ4v) is 3.36. The largest absolute Gasteiger partial charge is 0.488 e. The van der Waals surface area contributed by atoms with E-state index < -0.39 is 0 Å². The number of aryl methyl sites for hydroxylation is 1. The van der Waals surface area contributed by atoms with Crippen molar-refractivity contribution in [3.8, 4) is 5.75 Å². The summed E-state index contributed by atoms with van der Waals surface area (Å²) in [5.41, 5.74) is 2.26. The highest BCUT2D eigenvalue weighted by atomic mass is 127. The quantitative estimate of drug-likeness (QED) is 0.204. The second-order valence-electron chi connectivity index (χ2n) is 7.06. The summed E-state index contributed by atoms with van der Waals surface area (Å²) in [6, 6.07) is 10.2. The number of benzene rings is 1. The minimum Gasteiger partial charge on any atom is -0.488 e. The number of guanidine groups is 1. The zero-order chi connectivity index (χ0) is 20.3. The van der Waals surface area contributed by atoms with Crippen LogP contribution < -0.4 is 15.4 Å². The van der Waals surface area contributed by atoms with Crippen molar-refractivity contribution in [2.24, 2.45) is 4.99 Å². The van der Waals surface area contributed by atoms with E-state index in [-0.39, 0.29) is 30.1 Å². The molecule has 0 amide bonds. The average Bonchev–Trinajstić information content (AvgIpc) is 3.41. The molecule has 1 aliphatic heterocycles. The molecule has 1 aromatic heterocycles. The average molecular weight is 545 g/mol. The number of halogens is 1. The van der Waals surface area contributed by atoms with Crippen LogP contribution in [-0.4, -0.2) is 50.4 Å². The van der Waals surface area contributed by atoms with Crippen LogP contribution in [0.5, 0.6) is 5.75 Å². The van der Waals surface area contributed by atoms with Crippen LogP contribution in [0.25, 0.3) is 0 Å². The lowest BCUT2D eigenvalue weighted by Crippen LogP contribution is -2.39. The second kappa shape index (κ2) is 13.8. The molecule has 0 radical (unpaired) electrons. The molecule has 0 spiro atoms. The van der Waals surface area contributed by atoms with Gasteiger partial charge in [-0.25, -0.2) is 4.99 Å². The molecule has 0 bridgehead atoms. The van der Waals surface area contributed by atoms with Crippen molar-refractivity contribution in [3.05, 3.63) is 53.5 Å². The van der Waals surface area contributed by atoms with Crippen molar-refractivity contribution in [3.63, 3.8) is 0 Å². The third-order valence-electron chi connectivity index (χ3n) is 4.65. The maximum Gasteiger partial charge on any atom is 0.191 e. The first-order valence-electron chi connectivity index (χ1n) is 10.1. The van der Waals surface area contributed by atoms with E-state index in [1.165, 1.54) is 5.56 Å². The lowest BCUT2D eigenvalue weighted by molar-refractivity contribution is 0.140. The molecule has 1 aliphatic rings. The number of thioether (sulfide) groups is 1. The number of furan rings is 1. The summed E-state index contributed by atoms with van der Waals surface area (Å²) < 4.78 is 17.0. The van der Waals surface area contributed by atoms with Crippen molar-refractivity contribution in [2.75, 3.05) is 38.3 Å². The fraction of sp³-hybridized carbons (Fsp3) is 0.500. The summed E-state index contributed by atoms with van der Waals surface area (Å²) in [4.78, 5) is 4.79. The van der Waals surface area contributed by atoms with Gasteiger partial charge >= 0.3 is 0 Å². The molecule has 2 N–H and O–H groups in total. The van der Waals surface area contributed by atoms with Gasteiger partial charge < -0.3 is 24.5 Å². The van der Waals surface area contributed by atoms with Gasteiger partial charge in [0.15, 0.2) is 5.96 Å². The zero-order valence-corrected chi connectivity index (χ0v) is 20.8. The van der Waals surface area contributed by atoms with E-state index in [1.807, 2.05) is 23.9 Å². The van der Waals surface area contributed by atoms with Gasteiger partial charge in [0.25, 0.3) is 0 Å². The number of rotatable bonds is 10. The zero-order valence-electron chi connectivity index (χ0n) is 17.7. The van der Waals surface area contributed by atoms with Gasteiger partial charge in [-0.05, 0) is 36.9 Å². The summed E-state index contributed by atoms with van der Waals surface area (Å²) in [7, 11) is 0. The Morgan fingerprint density at radius 2 is 2.13 bits per heavy atom. The standard InChI is InChI=1S/C22H31N3O3S.HI/c1-17-5-6-18(21(14-17)28-20-8-12-26-16-20)15-25-22(24-10-13-29-2)23-9-7-19-4-3-11-27-19;/h3-6,11,14,20H,7-10,12-13,15-16H2,1-2H3,(H2,23,24,25);1H. The maximum absolute atomic E-state index is 6.20. The van der Waals surface area contributed by atoms with Gasteiger partial charge in [0.05, 0.1) is 26.0 Å². The highest BCUT2D eigenvalue weighted by Crippen LogP contribution is 2.24. The molecule has 1 unspecified atom stereocenters. The topological polar surface area (TPSA) is 68.0 Å². The van der Waals surface area contributed by atoms with Gasteiger partial charge in [-0.2, -0.15) is 11.8 Å². The Kier molecular flexibility index (Phi) is 11.5. The van der Waals surface area contributed by atoms with E-state index in [0.29, 0.717) is 13.2 Å². The lowest BCUT2D eigenvalue weighted by atomic mass is 10.1. The summed E-state index contributed by atoms with van der Waals surface area (Å²) in [6.45, 7) is 5.69. The van der Waals surface area contributed by atoms with Crippen LogP contribution in [0.15, 0.2) is 46.0 Å². The number of nitrogens with one attached hydrogen (secondary N) is 2. The summed E-state index contributed by atoms with van der Waals surface area (Å²) in [5, 5.41) is 6.80. The van der Waals surface area contributed by atoms with E-state index in [1.54, 1.807) is 6.26 Å². The van der Waals surface area contributed by atoms with E-state index >= 15 is 0 Å². The first-order valence-corrected chi connectivity index (χ1v) is 11.5. The molecule has 1 fully saturated rings. The molecular formula is C22H32IN3O3S. The van der Waals surface area contributed by atoms with Crippen molar-refractivity contribution in [1.82, 2.24) is 10.6 Å². The van der Waals surface area contributed by atoms with Crippen LogP contribution in [-0.2, 0) is 17.7 Å². The molecule has 0 aliphatic carbocycles. The normalized spacial score (nSPS) is 16.2. The first-order chi connectivity index (χ1) is 14.2. The van der Waals surface area contributed by atoms with Crippen molar-refractivity contribution in [1.29, 1.82) is 0 Å². The third kappa shape index (κ3) is 8.39. The van der Waals surface area contributed by atoms with Gasteiger partial charge in [0.2, 0.25) is 0 Å². The number of ether oxygens (including phenoxy) is 2. The van der Waals surface area contributed by atoms with Crippen LogP contribution >= 0.6 is 35.7 Å². The van der Waals surface area contributed by atoms with Gasteiger partial charge in [0, 0.05) is 37.2 Å². The second-order valence-corrected chi connectivity index (χ2v) is 8.04. The number of hydrogen-bond acceptors (Lipinski definition) is 5. The predicted molar refractivity (Wildman–Crippen MR) is 134 cm³/mol. The molecule has 1 saturated heterocycles. The van der Waals surface area contributed by atoms with Crippen LogP contribution in [0.4, 0.5) is 0 Å². The highest BCUT2D eigenvalue weighted by Gasteiger charge is 2.18. The summed E-state index contributed by atoms with van der Waals surface area (Å²) in [6.07, 6.45) is 5.69. The smallest absolute Gasteiger partial charge is 0.191 e. The number of aliphatic imine (C=N–C) groups is 1. The molecule has 8 heteroatoms. The monoisotopic (exact) mass is 545 g/mol. The molecule has 0 saturated carbocycles. The Morgan fingerprint density at radius 3 is 2.87 bits per heavy atom. The van der Waals surface area contributed by atoms with Gasteiger partial charge in [0.1, 0.15) is 17.6 Å². The summed E-state index contributed by atoms with van der Waals surface area (Å²) >= 11 is 1.81. The fourth-order valence-electron chi connectivity index (χ4n) is 3.06. The number of nitrogens with zero attached hydrogens (tertiary/aromatic N) is 1. The van der Waals surface area contributed by atoms with Crippen molar-refractivity contribution in [2.45, 2.75) is 32.4 Å². The molecule has 2 heterocycles. The van der Waals surface area contributed by atoms with Gasteiger partial charge in [-0.1, -0.05) is 12.1 Å². The minimum absolute atomic E-state index is 0. The summed E-state index contributed by atoms with van der Waals surface area (Å²) in [5.74, 6) is 3.71. The van der Waals surface area contributed by atoms with Crippen LogP contribution in [0.3, 0.4) is 0 Å². The van der Waals surface area contributed by atoms with Crippen LogP contribution in [0.1, 0.15) is 23.3 Å². The molecule has 1 aromatic carbocycles. The first kappa shape index (κ1) is 24.9. The molecule has 166 valence electrons. The minimum atomic E-state index is 0. The number of hydrogen-bond donors (Lipinski definition) is 2. The Hall–Kier alpha value is -1.39. The lowest BCUT2D eigenvalue weighted by Gasteiger charge is -2.16. The van der Waals surface area contributed by atoms with Crippen LogP contribution in [0, 0.1) is 6.92 Å². The van der Waals surface area contributed by atoms with E-state index in [9.17, 15) is 0 Å². The van der Waals surface area contributed by atoms with E-state index in [0.717, 1.165) is 61.3 Å². The molecule has 30 heavy (non-hydrogen) atoms. The Bertz CT molecular complexity index is 765. The Labute approximate surface area is 200 Å². The van der Waals surface area contributed by atoms with Gasteiger partial charge in [-0.3, -0.25) is 0 Å². The van der Waals surface area contributed by atoms with E-state index in [2.05, 4.69) is 42.0 Å². The van der Waals surface area contributed by atoms with Gasteiger partial charge in [-0.15, -0.1) is 24.0 Å². The Balaban J connectivity index is 0.00000320. The third-order valence-corrected chi connectivity index (χ3v) is 5.27. The predicted octanol–water partition coefficient (Wildman–Crippen LogP) is 4.01. The van der Waals surface area contributed by atoms with Crippen molar-refractivity contribution >= 4 is 41.7 Å². The van der Waals surface area contributed by atoms with E-state index in [4.69, 9.17) is 18.9 Å². The molecule has 6 nitrogen and oxygen atoms in total. The molecule has 1 atom stereocenters. The SMILES string of the molecule is CSCCNC(=NCc1ccc(C)cc1OC1CCOC1)NCCc1ccco1.I. The molecular weight excluding hydrogens is 513 g/mol. The molecule has 2 aromatic rings. The molecule has 3 rings (SSSR count). The maximum atomic E-state index is 6.20. The Morgan fingerprint density at radius 1 is 1.27 bits per heavy atom. The van der Waals surface area contributed by atoms with Crippen LogP contribution in [0.2, 0.25) is 0 Å². The van der Waals surface area contributed by atoms with Crippen molar-refractivity contribution < 1.29 is 13.9 Å². The highest BCUT2D eigenvalue weighted by molar-refractivity contribution is 14.0.